The summed E-state index contributed by atoms with van der Waals surface area (Å²) in [5, 5.41) is 3.26. The number of nitrogens with zero attached hydrogens (tertiary/aromatic N) is 2. The summed E-state index contributed by atoms with van der Waals surface area (Å²) in [7, 11) is 3.31. The van der Waals surface area contributed by atoms with E-state index in [1.54, 1.807) is 19.1 Å². The van der Waals surface area contributed by atoms with Gasteiger partial charge in [0.1, 0.15) is 0 Å². The van der Waals surface area contributed by atoms with Crippen LogP contribution in [0.15, 0.2) is 18.2 Å². The van der Waals surface area contributed by atoms with Crippen LogP contribution in [0.3, 0.4) is 0 Å². The molecular formula is C25H37N3O5. The van der Waals surface area contributed by atoms with Crippen LogP contribution in [0.25, 0.3) is 0 Å². The molecule has 0 unspecified atom stereocenters. The Labute approximate surface area is 196 Å². The van der Waals surface area contributed by atoms with Gasteiger partial charge in [0, 0.05) is 31.6 Å². The quantitative estimate of drug-likeness (QED) is 0.675. The van der Waals surface area contributed by atoms with Gasteiger partial charge in [-0.25, -0.2) is 4.79 Å². The van der Waals surface area contributed by atoms with E-state index in [0.717, 1.165) is 63.2 Å². The zero-order valence-corrected chi connectivity index (χ0v) is 20.1. The molecule has 1 N–H and O–H groups in total. The third kappa shape index (κ3) is 5.37. The fourth-order valence-electron chi connectivity index (χ4n) is 5.39. The van der Waals surface area contributed by atoms with Gasteiger partial charge in [-0.15, -0.1) is 0 Å². The zero-order chi connectivity index (χ0) is 23.4. The minimum atomic E-state index is -0.247. The highest BCUT2D eigenvalue weighted by molar-refractivity contribution is 5.83. The second-order valence-corrected chi connectivity index (χ2v) is 9.55. The monoisotopic (exact) mass is 459 g/mol. The standard InChI is InChI=1S/C25H37N3O5/c1-4-33-24(30)28-11-7-19(8-12-28)26-23(29)20-16-25(20)9-13-27(14-10-25)17-18-5-6-21(31-2)22(15-18)32-3/h5-6,15,19-20H,4,7-14,16-17H2,1-3H3,(H,26,29)/t20-/m1/s1. The van der Waals surface area contributed by atoms with Crippen LogP contribution in [-0.2, 0) is 16.1 Å². The molecular weight excluding hydrogens is 422 g/mol. The van der Waals surface area contributed by atoms with Gasteiger partial charge in [-0.2, -0.15) is 0 Å². The number of methoxy groups -OCH3 is 2. The molecule has 3 aliphatic rings. The van der Waals surface area contributed by atoms with Crippen LogP contribution in [0.2, 0.25) is 0 Å². The summed E-state index contributed by atoms with van der Waals surface area (Å²) in [6.07, 6.45) is 4.49. The lowest BCUT2D eigenvalue weighted by atomic mass is 9.90. The number of hydrogen-bond acceptors (Lipinski definition) is 6. The van der Waals surface area contributed by atoms with E-state index in [-0.39, 0.29) is 29.4 Å². The largest absolute Gasteiger partial charge is 0.493 e. The molecule has 8 heteroatoms. The molecule has 0 bridgehead atoms. The third-order valence-corrected chi connectivity index (χ3v) is 7.58. The first kappa shape index (κ1) is 23.7. The van der Waals surface area contributed by atoms with Gasteiger partial charge in [0.15, 0.2) is 11.5 Å². The molecule has 1 atom stereocenters. The third-order valence-electron chi connectivity index (χ3n) is 7.58. The maximum Gasteiger partial charge on any atom is 0.409 e. The second kappa shape index (κ2) is 10.2. The smallest absolute Gasteiger partial charge is 0.409 e. The fourth-order valence-corrected chi connectivity index (χ4v) is 5.39. The molecule has 1 saturated carbocycles. The van der Waals surface area contributed by atoms with Crippen LogP contribution in [0.4, 0.5) is 4.79 Å². The summed E-state index contributed by atoms with van der Waals surface area (Å²) in [6, 6.07) is 6.25. The first-order chi connectivity index (χ1) is 16.0. The second-order valence-electron chi connectivity index (χ2n) is 9.55. The molecule has 33 heavy (non-hydrogen) atoms. The number of rotatable bonds is 7. The number of likely N-dealkylation sites (tertiary alicyclic amines) is 2. The summed E-state index contributed by atoms with van der Waals surface area (Å²) >= 11 is 0. The van der Waals surface area contributed by atoms with Gasteiger partial charge in [0.25, 0.3) is 0 Å². The first-order valence-electron chi connectivity index (χ1n) is 12.1. The minimum absolute atomic E-state index is 0.142. The predicted octanol–water partition coefficient (Wildman–Crippen LogP) is 3.04. The van der Waals surface area contributed by atoms with Crippen LogP contribution in [-0.4, -0.2) is 74.8 Å². The van der Waals surface area contributed by atoms with Gasteiger partial charge in [-0.05, 0) is 75.2 Å². The Bertz CT molecular complexity index is 844. The molecule has 1 aliphatic carbocycles. The average Bonchev–Trinajstić information content (AvgIpc) is 3.54. The van der Waals surface area contributed by atoms with Crippen molar-refractivity contribution in [2.24, 2.45) is 11.3 Å². The van der Waals surface area contributed by atoms with E-state index in [0.29, 0.717) is 19.7 Å². The van der Waals surface area contributed by atoms with Crippen molar-refractivity contribution in [2.75, 3.05) is 47.0 Å². The number of piperidine rings is 2. The van der Waals surface area contributed by atoms with Crippen molar-refractivity contribution in [1.82, 2.24) is 15.1 Å². The molecule has 3 fully saturated rings. The SMILES string of the molecule is CCOC(=O)N1CCC(NC(=O)[C@H]2CC23CCN(Cc2ccc(OC)c(OC)c2)CC3)CC1. The number of ether oxygens (including phenoxy) is 3. The molecule has 4 rings (SSSR count). The van der Waals surface area contributed by atoms with Crippen molar-refractivity contribution in [1.29, 1.82) is 0 Å². The van der Waals surface area contributed by atoms with Gasteiger partial charge in [0.05, 0.1) is 20.8 Å². The van der Waals surface area contributed by atoms with Crippen molar-refractivity contribution >= 4 is 12.0 Å². The highest BCUT2D eigenvalue weighted by Gasteiger charge is 2.58. The first-order valence-corrected chi connectivity index (χ1v) is 12.1. The molecule has 1 aromatic carbocycles. The van der Waals surface area contributed by atoms with Crippen molar-refractivity contribution in [3.05, 3.63) is 23.8 Å². The number of benzene rings is 1. The Balaban J connectivity index is 1.21. The Morgan fingerprint density at radius 1 is 1.06 bits per heavy atom. The molecule has 0 radical (unpaired) electrons. The number of nitrogens with one attached hydrogen (secondary N) is 1. The molecule has 8 nitrogen and oxygen atoms in total. The normalized spacial score (nSPS) is 22.6. The molecule has 2 amide bonds. The molecule has 2 aliphatic heterocycles. The van der Waals surface area contributed by atoms with Gasteiger partial charge in [0.2, 0.25) is 5.91 Å². The molecule has 0 aromatic heterocycles. The highest BCUT2D eigenvalue weighted by atomic mass is 16.6. The van der Waals surface area contributed by atoms with E-state index in [9.17, 15) is 9.59 Å². The molecule has 1 spiro atoms. The van der Waals surface area contributed by atoms with Crippen LogP contribution in [0.5, 0.6) is 11.5 Å². The van der Waals surface area contributed by atoms with E-state index in [4.69, 9.17) is 14.2 Å². The minimum Gasteiger partial charge on any atom is -0.493 e. The summed E-state index contributed by atoms with van der Waals surface area (Å²) in [5.41, 5.74) is 1.40. The Hall–Kier alpha value is -2.48. The molecule has 1 aromatic rings. The van der Waals surface area contributed by atoms with Gasteiger partial charge >= 0.3 is 6.09 Å². The van der Waals surface area contributed by atoms with Crippen LogP contribution >= 0.6 is 0 Å². The summed E-state index contributed by atoms with van der Waals surface area (Å²) in [5.74, 6) is 1.86. The summed E-state index contributed by atoms with van der Waals surface area (Å²) < 4.78 is 15.8. The maximum atomic E-state index is 12.9. The van der Waals surface area contributed by atoms with Gasteiger partial charge in [-0.1, -0.05) is 6.07 Å². The summed E-state index contributed by atoms with van der Waals surface area (Å²) in [4.78, 5) is 29.0. The molecule has 2 heterocycles. The van der Waals surface area contributed by atoms with E-state index in [1.807, 2.05) is 19.1 Å². The van der Waals surface area contributed by atoms with Crippen molar-refractivity contribution in [3.63, 3.8) is 0 Å². The van der Waals surface area contributed by atoms with E-state index < -0.39 is 0 Å². The number of hydrogen-bond donors (Lipinski definition) is 1. The number of carbonyl (C=O) groups is 2. The van der Waals surface area contributed by atoms with Crippen molar-refractivity contribution in [2.45, 2.75) is 51.6 Å². The Kier molecular flexibility index (Phi) is 7.32. The predicted molar refractivity (Wildman–Crippen MR) is 124 cm³/mol. The zero-order valence-electron chi connectivity index (χ0n) is 20.1. The summed E-state index contributed by atoms with van der Waals surface area (Å²) in [6.45, 7) is 6.40. The maximum absolute atomic E-state index is 12.9. The molecule has 182 valence electrons. The number of carbonyl (C=O) groups excluding carboxylic acids is 2. The Morgan fingerprint density at radius 2 is 1.76 bits per heavy atom. The molecule has 2 saturated heterocycles. The lowest BCUT2D eigenvalue weighted by molar-refractivity contribution is -0.124. The van der Waals surface area contributed by atoms with Crippen LogP contribution < -0.4 is 14.8 Å². The van der Waals surface area contributed by atoms with Crippen LogP contribution in [0, 0.1) is 11.3 Å². The van der Waals surface area contributed by atoms with Crippen LogP contribution in [0.1, 0.15) is 44.6 Å². The number of amides is 2. The fraction of sp³-hybridized carbons (Fsp3) is 0.680. The Morgan fingerprint density at radius 3 is 2.39 bits per heavy atom. The van der Waals surface area contributed by atoms with E-state index in [2.05, 4.69) is 16.3 Å². The lowest BCUT2D eigenvalue weighted by Gasteiger charge is -2.34. The topological polar surface area (TPSA) is 80.3 Å². The van der Waals surface area contributed by atoms with Gasteiger partial charge in [-0.3, -0.25) is 9.69 Å². The van der Waals surface area contributed by atoms with E-state index in [1.165, 1.54) is 5.56 Å². The lowest BCUT2D eigenvalue weighted by Crippen LogP contribution is -2.47. The van der Waals surface area contributed by atoms with Crippen molar-refractivity contribution in [3.8, 4) is 11.5 Å². The average molecular weight is 460 g/mol. The van der Waals surface area contributed by atoms with Crippen molar-refractivity contribution < 1.29 is 23.8 Å². The van der Waals surface area contributed by atoms with Gasteiger partial charge < -0.3 is 24.4 Å². The van der Waals surface area contributed by atoms with E-state index >= 15 is 0 Å². The highest BCUT2D eigenvalue weighted by Crippen LogP contribution is 2.59.